The Hall–Kier alpha value is -2.63. The topological polar surface area (TPSA) is 91.1 Å². The lowest BCUT2D eigenvalue weighted by Gasteiger charge is -2.23. The highest BCUT2D eigenvalue weighted by Crippen LogP contribution is 2.30. The van der Waals surface area contributed by atoms with Crippen LogP contribution >= 0.6 is 0 Å². The van der Waals surface area contributed by atoms with Crippen molar-refractivity contribution >= 4 is 33.9 Å². The highest BCUT2D eigenvalue weighted by atomic mass is 16.4. The second-order valence-electron chi connectivity index (χ2n) is 5.18. The summed E-state index contributed by atoms with van der Waals surface area (Å²) < 4.78 is 5.74. The minimum absolute atomic E-state index is 0.149. The van der Waals surface area contributed by atoms with Gasteiger partial charge >= 0.3 is 0 Å². The Morgan fingerprint density at radius 1 is 1.29 bits per heavy atom. The van der Waals surface area contributed by atoms with E-state index in [4.69, 9.17) is 4.42 Å². The van der Waals surface area contributed by atoms with Crippen LogP contribution in [0.25, 0.3) is 22.1 Å². The van der Waals surface area contributed by atoms with Crippen LogP contribution in [0.1, 0.15) is 13.8 Å². The van der Waals surface area contributed by atoms with Gasteiger partial charge in [0.1, 0.15) is 17.4 Å². The summed E-state index contributed by atoms with van der Waals surface area (Å²) in [5, 5.41) is 14.9. The summed E-state index contributed by atoms with van der Waals surface area (Å²) in [6, 6.07) is 6.64. The van der Waals surface area contributed by atoms with Crippen molar-refractivity contribution in [2.75, 3.05) is 5.32 Å². The number of nitrogens with one attached hydrogen (secondary N) is 1. The molecule has 3 rings (SSSR count). The first-order valence-electron chi connectivity index (χ1n) is 6.67. The summed E-state index contributed by atoms with van der Waals surface area (Å²) in [7, 11) is 0. The van der Waals surface area contributed by atoms with E-state index in [9.17, 15) is 9.90 Å². The van der Waals surface area contributed by atoms with Crippen LogP contribution in [0.15, 0.2) is 35.0 Å². The molecule has 3 aromatic rings. The Morgan fingerprint density at radius 2 is 2.05 bits per heavy atom. The third kappa shape index (κ3) is 2.29. The first-order valence-corrected chi connectivity index (χ1v) is 6.67. The fourth-order valence-electron chi connectivity index (χ4n) is 2.27. The third-order valence-electron chi connectivity index (χ3n) is 3.37. The lowest BCUT2D eigenvalue weighted by Crippen LogP contribution is -2.44. The van der Waals surface area contributed by atoms with E-state index in [0.717, 1.165) is 5.39 Å². The maximum absolute atomic E-state index is 11.2. The van der Waals surface area contributed by atoms with Crippen LogP contribution in [-0.4, -0.2) is 22.0 Å². The molecule has 108 valence electrons. The van der Waals surface area contributed by atoms with Gasteiger partial charge in [-0.3, -0.25) is 0 Å². The normalized spacial score (nSPS) is 12.9. The van der Waals surface area contributed by atoms with Gasteiger partial charge in [-0.1, -0.05) is 26.0 Å². The molecule has 2 aromatic heterocycles. The predicted octanol–water partition coefficient (Wildman–Crippen LogP) is 1.56. The number of furan rings is 1. The van der Waals surface area contributed by atoms with Crippen molar-refractivity contribution < 1.29 is 14.3 Å². The molecule has 0 aliphatic rings. The highest BCUT2D eigenvalue weighted by Gasteiger charge is 2.19. The molecule has 0 amide bonds. The molecule has 0 spiro atoms. The predicted molar refractivity (Wildman–Crippen MR) is 76.6 cm³/mol. The molecule has 1 aromatic carbocycles. The first-order chi connectivity index (χ1) is 10.1. The van der Waals surface area contributed by atoms with Crippen LogP contribution in [0.3, 0.4) is 0 Å². The van der Waals surface area contributed by atoms with Crippen LogP contribution in [0.4, 0.5) is 5.82 Å². The van der Waals surface area contributed by atoms with Crippen molar-refractivity contribution in [3.63, 3.8) is 0 Å². The number of carbonyl (C=O) groups is 1. The average molecular weight is 284 g/mol. The molecule has 0 unspecified atom stereocenters. The van der Waals surface area contributed by atoms with Gasteiger partial charge in [0.05, 0.1) is 12.0 Å². The summed E-state index contributed by atoms with van der Waals surface area (Å²) in [4.78, 5) is 19.5. The second-order valence-corrected chi connectivity index (χ2v) is 5.18. The van der Waals surface area contributed by atoms with Crippen LogP contribution in [0, 0.1) is 5.92 Å². The molecule has 0 saturated heterocycles. The van der Waals surface area contributed by atoms with E-state index < -0.39 is 12.0 Å². The first kappa shape index (κ1) is 13.4. The summed E-state index contributed by atoms with van der Waals surface area (Å²) in [5.74, 6) is -0.962. The SMILES string of the molecule is CC(C)[C@@H](Nc1ncnc2c1oc1ccccc12)C(=O)[O-]. The molecule has 2 heterocycles. The second kappa shape index (κ2) is 5.05. The number of carbonyl (C=O) groups excluding carboxylic acids is 1. The smallest absolute Gasteiger partial charge is 0.196 e. The van der Waals surface area contributed by atoms with Gasteiger partial charge in [0.15, 0.2) is 11.4 Å². The number of anilines is 1. The minimum atomic E-state index is -1.17. The molecule has 0 aliphatic heterocycles. The number of para-hydroxylation sites is 1. The van der Waals surface area contributed by atoms with Crippen LogP contribution in [0.2, 0.25) is 0 Å². The van der Waals surface area contributed by atoms with Crippen LogP contribution < -0.4 is 10.4 Å². The molecule has 0 fully saturated rings. The van der Waals surface area contributed by atoms with E-state index in [1.807, 2.05) is 24.3 Å². The zero-order valence-electron chi connectivity index (χ0n) is 11.7. The Labute approximate surface area is 120 Å². The Bertz CT molecular complexity index is 810. The molecule has 1 N–H and O–H groups in total. The maximum Gasteiger partial charge on any atom is 0.196 e. The Balaban J connectivity index is 2.12. The molecule has 0 radical (unpaired) electrons. The summed E-state index contributed by atoms with van der Waals surface area (Å²) in [6.07, 6.45) is 1.39. The van der Waals surface area contributed by atoms with Crippen molar-refractivity contribution in [2.24, 2.45) is 5.92 Å². The van der Waals surface area contributed by atoms with Crippen molar-refractivity contribution in [1.82, 2.24) is 9.97 Å². The maximum atomic E-state index is 11.2. The Morgan fingerprint density at radius 3 is 2.76 bits per heavy atom. The Kier molecular flexibility index (Phi) is 3.21. The van der Waals surface area contributed by atoms with Crippen molar-refractivity contribution in [3.8, 4) is 0 Å². The number of aromatic nitrogens is 2. The number of nitrogens with zero attached hydrogens (tertiary/aromatic N) is 2. The number of rotatable bonds is 4. The van der Waals surface area contributed by atoms with Crippen molar-refractivity contribution in [2.45, 2.75) is 19.9 Å². The van der Waals surface area contributed by atoms with Gasteiger partial charge in [-0.25, -0.2) is 9.97 Å². The molecule has 0 saturated carbocycles. The fourth-order valence-corrected chi connectivity index (χ4v) is 2.27. The van der Waals surface area contributed by atoms with E-state index in [1.54, 1.807) is 13.8 Å². The van der Waals surface area contributed by atoms with Gasteiger partial charge in [-0.05, 0) is 18.1 Å². The van der Waals surface area contributed by atoms with E-state index in [2.05, 4.69) is 15.3 Å². The lowest BCUT2D eigenvalue weighted by molar-refractivity contribution is -0.307. The van der Waals surface area contributed by atoms with Crippen molar-refractivity contribution in [1.29, 1.82) is 0 Å². The number of hydrogen-bond donors (Lipinski definition) is 1. The summed E-state index contributed by atoms with van der Waals surface area (Å²) >= 11 is 0. The van der Waals surface area contributed by atoms with E-state index in [-0.39, 0.29) is 5.92 Å². The largest absolute Gasteiger partial charge is 0.548 e. The van der Waals surface area contributed by atoms with Crippen molar-refractivity contribution in [3.05, 3.63) is 30.6 Å². The average Bonchev–Trinajstić information content (AvgIpc) is 2.83. The minimum Gasteiger partial charge on any atom is -0.548 e. The highest BCUT2D eigenvalue weighted by molar-refractivity contribution is 6.05. The monoisotopic (exact) mass is 284 g/mol. The number of aliphatic carboxylic acids is 1. The molecule has 0 bridgehead atoms. The van der Waals surface area contributed by atoms with Crippen LogP contribution in [-0.2, 0) is 4.79 Å². The third-order valence-corrected chi connectivity index (χ3v) is 3.37. The standard InChI is InChI=1S/C15H15N3O3/c1-8(2)11(15(19)20)18-14-13-12(16-7-17-14)9-5-3-4-6-10(9)21-13/h3-8,11H,1-2H3,(H,19,20)(H,16,17,18)/p-1/t11-/m1/s1. The lowest BCUT2D eigenvalue weighted by atomic mass is 10.1. The fraction of sp³-hybridized carbons (Fsp3) is 0.267. The molecule has 6 nitrogen and oxygen atoms in total. The van der Waals surface area contributed by atoms with E-state index in [0.29, 0.717) is 22.5 Å². The number of benzene rings is 1. The van der Waals surface area contributed by atoms with Gasteiger partial charge in [-0.15, -0.1) is 0 Å². The quantitative estimate of drug-likeness (QED) is 0.781. The molecule has 6 heteroatoms. The van der Waals surface area contributed by atoms with Crippen LogP contribution in [0.5, 0.6) is 0 Å². The van der Waals surface area contributed by atoms with E-state index >= 15 is 0 Å². The number of carboxylic acids is 1. The summed E-state index contributed by atoms with van der Waals surface area (Å²) in [6.45, 7) is 3.59. The van der Waals surface area contributed by atoms with Gasteiger partial charge in [0.25, 0.3) is 0 Å². The van der Waals surface area contributed by atoms with Gasteiger partial charge < -0.3 is 19.6 Å². The molecule has 0 aliphatic carbocycles. The molecular weight excluding hydrogens is 270 g/mol. The van der Waals surface area contributed by atoms with Gasteiger partial charge in [0.2, 0.25) is 0 Å². The van der Waals surface area contributed by atoms with Gasteiger partial charge in [0, 0.05) is 5.39 Å². The zero-order chi connectivity index (χ0) is 15.0. The number of hydrogen-bond acceptors (Lipinski definition) is 6. The molecule has 21 heavy (non-hydrogen) atoms. The molecule has 1 atom stereocenters. The van der Waals surface area contributed by atoms with Gasteiger partial charge in [-0.2, -0.15) is 0 Å². The van der Waals surface area contributed by atoms with E-state index in [1.165, 1.54) is 6.33 Å². The zero-order valence-corrected chi connectivity index (χ0v) is 11.7. The summed E-state index contributed by atoms with van der Waals surface area (Å²) in [5.41, 5.74) is 1.79. The molecular formula is C15H14N3O3-. The number of carboxylic acid groups (broad SMARTS) is 1. The number of fused-ring (bicyclic) bond motifs is 3.